The molecule has 0 saturated carbocycles. The van der Waals surface area contributed by atoms with E-state index in [0.29, 0.717) is 17.1 Å². The largest absolute Gasteiger partial charge is 0.493 e. The highest BCUT2D eigenvalue weighted by Crippen LogP contribution is 2.41. The molecule has 1 N–H and O–H groups in total. The summed E-state index contributed by atoms with van der Waals surface area (Å²) in [4.78, 5) is 11.3. The molecule has 0 atom stereocenters. The van der Waals surface area contributed by atoms with Crippen LogP contribution in [-0.2, 0) is 7.05 Å². The van der Waals surface area contributed by atoms with Crippen LogP contribution in [0.4, 0.5) is 0 Å². The zero-order chi connectivity index (χ0) is 15.7. The second-order valence-electron chi connectivity index (χ2n) is 4.73. The highest BCUT2D eigenvalue weighted by molar-refractivity contribution is 5.92. The number of carbonyl (C=O) groups is 1. The number of carboxylic acids is 1. The summed E-state index contributed by atoms with van der Waals surface area (Å²) in [5.41, 5.74) is 3.40. The van der Waals surface area contributed by atoms with Crippen molar-refractivity contribution in [3.63, 3.8) is 0 Å². The molecule has 2 rings (SSSR count). The van der Waals surface area contributed by atoms with Crippen LogP contribution in [0.5, 0.6) is 11.5 Å². The van der Waals surface area contributed by atoms with Crippen LogP contribution in [0, 0.1) is 13.8 Å². The predicted molar refractivity (Wildman–Crippen MR) is 78.2 cm³/mol. The number of aromatic nitrogens is 2. The minimum absolute atomic E-state index is 0.144. The van der Waals surface area contributed by atoms with Crippen molar-refractivity contribution in [2.75, 3.05) is 14.2 Å². The van der Waals surface area contributed by atoms with E-state index in [0.717, 1.165) is 17.0 Å². The van der Waals surface area contributed by atoms with Crippen molar-refractivity contribution in [3.8, 4) is 22.6 Å². The van der Waals surface area contributed by atoms with E-state index in [9.17, 15) is 9.90 Å². The fourth-order valence-electron chi connectivity index (χ4n) is 2.44. The Kier molecular flexibility index (Phi) is 3.88. The first kappa shape index (κ1) is 14.9. The van der Waals surface area contributed by atoms with Gasteiger partial charge in [0.2, 0.25) is 0 Å². The van der Waals surface area contributed by atoms with Gasteiger partial charge in [0, 0.05) is 23.9 Å². The average Bonchev–Trinajstić information content (AvgIpc) is 2.70. The first-order valence-corrected chi connectivity index (χ1v) is 6.40. The van der Waals surface area contributed by atoms with Crippen molar-refractivity contribution < 1.29 is 19.4 Å². The summed E-state index contributed by atoms with van der Waals surface area (Å²) in [5, 5.41) is 13.6. The van der Waals surface area contributed by atoms with Crippen LogP contribution in [0.3, 0.4) is 0 Å². The maximum Gasteiger partial charge on any atom is 0.335 e. The molecule has 1 heterocycles. The molecule has 0 amide bonds. The number of aromatic carboxylic acids is 1. The van der Waals surface area contributed by atoms with Crippen molar-refractivity contribution in [1.29, 1.82) is 0 Å². The van der Waals surface area contributed by atoms with Crippen LogP contribution < -0.4 is 9.47 Å². The molecule has 2 aromatic rings. The molecular formula is C15H18N2O4. The Morgan fingerprint density at radius 3 is 2.33 bits per heavy atom. The smallest absolute Gasteiger partial charge is 0.335 e. The first-order chi connectivity index (χ1) is 9.90. The van der Waals surface area contributed by atoms with Crippen LogP contribution in [0.25, 0.3) is 11.1 Å². The third-order valence-electron chi connectivity index (χ3n) is 3.50. The molecule has 0 saturated heterocycles. The van der Waals surface area contributed by atoms with Crippen molar-refractivity contribution in [2.45, 2.75) is 13.8 Å². The minimum atomic E-state index is -1.02. The SMILES string of the molecule is COc1cc(C(=O)O)cc(-c2c(C)nn(C)c2C)c1OC. The monoisotopic (exact) mass is 290 g/mol. The summed E-state index contributed by atoms with van der Waals surface area (Å²) < 4.78 is 12.4. The molecule has 1 aromatic heterocycles. The van der Waals surface area contributed by atoms with E-state index >= 15 is 0 Å². The lowest BCUT2D eigenvalue weighted by Gasteiger charge is -2.14. The molecule has 112 valence electrons. The van der Waals surface area contributed by atoms with Crippen molar-refractivity contribution in [1.82, 2.24) is 9.78 Å². The lowest BCUT2D eigenvalue weighted by atomic mass is 9.99. The summed E-state index contributed by atoms with van der Waals surface area (Å²) in [6.45, 7) is 3.80. The van der Waals surface area contributed by atoms with Crippen molar-refractivity contribution in [3.05, 3.63) is 29.1 Å². The molecule has 0 radical (unpaired) electrons. The molecule has 0 bridgehead atoms. The van der Waals surface area contributed by atoms with Crippen molar-refractivity contribution >= 4 is 5.97 Å². The lowest BCUT2D eigenvalue weighted by Crippen LogP contribution is -2.01. The quantitative estimate of drug-likeness (QED) is 0.936. The number of benzene rings is 1. The van der Waals surface area contributed by atoms with E-state index < -0.39 is 5.97 Å². The molecule has 0 aliphatic heterocycles. The van der Waals surface area contributed by atoms with Crippen LogP contribution in [0.15, 0.2) is 12.1 Å². The van der Waals surface area contributed by atoms with Gasteiger partial charge >= 0.3 is 5.97 Å². The van der Waals surface area contributed by atoms with Crippen LogP contribution in [-0.4, -0.2) is 35.1 Å². The van der Waals surface area contributed by atoms with Crippen LogP contribution in [0.2, 0.25) is 0 Å². The summed E-state index contributed by atoms with van der Waals surface area (Å²) in [7, 11) is 4.86. The van der Waals surface area contributed by atoms with Gasteiger partial charge < -0.3 is 14.6 Å². The van der Waals surface area contributed by atoms with E-state index in [4.69, 9.17) is 9.47 Å². The van der Waals surface area contributed by atoms with E-state index in [-0.39, 0.29) is 5.56 Å². The molecule has 21 heavy (non-hydrogen) atoms. The molecule has 6 heteroatoms. The van der Waals surface area contributed by atoms with Gasteiger partial charge in [-0.2, -0.15) is 5.10 Å². The maximum absolute atomic E-state index is 11.3. The van der Waals surface area contributed by atoms with Gasteiger partial charge in [-0.25, -0.2) is 4.79 Å². The normalized spacial score (nSPS) is 10.5. The summed E-state index contributed by atoms with van der Waals surface area (Å²) in [6, 6.07) is 3.03. The van der Waals surface area contributed by atoms with Gasteiger partial charge in [-0.15, -0.1) is 0 Å². The minimum Gasteiger partial charge on any atom is -0.493 e. The third-order valence-corrected chi connectivity index (χ3v) is 3.50. The van der Waals surface area contributed by atoms with E-state index in [1.54, 1.807) is 10.7 Å². The number of aryl methyl sites for hydroxylation is 2. The highest BCUT2D eigenvalue weighted by Gasteiger charge is 2.21. The Morgan fingerprint density at radius 1 is 1.24 bits per heavy atom. The summed E-state index contributed by atoms with van der Waals surface area (Å²) in [6.07, 6.45) is 0. The van der Waals surface area contributed by atoms with Crippen LogP contribution >= 0.6 is 0 Å². The fraction of sp³-hybridized carbons (Fsp3) is 0.333. The Hall–Kier alpha value is -2.50. The number of ether oxygens (including phenoxy) is 2. The lowest BCUT2D eigenvalue weighted by molar-refractivity contribution is 0.0696. The molecule has 0 aliphatic carbocycles. The number of methoxy groups -OCH3 is 2. The van der Waals surface area contributed by atoms with E-state index in [2.05, 4.69) is 5.10 Å². The Balaban J connectivity index is 2.82. The average molecular weight is 290 g/mol. The van der Waals surface area contributed by atoms with Gasteiger partial charge in [-0.3, -0.25) is 4.68 Å². The molecule has 6 nitrogen and oxygen atoms in total. The van der Waals surface area contributed by atoms with E-state index in [1.165, 1.54) is 20.3 Å². The fourth-order valence-corrected chi connectivity index (χ4v) is 2.44. The highest BCUT2D eigenvalue weighted by atomic mass is 16.5. The number of rotatable bonds is 4. The molecular weight excluding hydrogens is 272 g/mol. The zero-order valence-corrected chi connectivity index (χ0v) is 12.7. The molecule has 0 fully saturated rings. The third kappa shape index (κ3) is 2.44. The zero-order valence-electron chi connectivity index (χ0n) is 12.7. The van der Waals surface area contributed by atoms with Gasteiger partial charge in [0.05, 0.1) is 25.5 Å². The Morgan fingerprint density at radius 2 is 1.90 bits per heavy atom. The number of nitrogens with zero attached hydrogens (tertiary/aromatic N) is 2. The second kappa shape index (κ2) is 5.47. The second-order valence-corrected chi connectivity index (χ2v) is 4.73. The Labute approximate surface area is 122 Å². The van der Waals surface area contributed by atoms with Gasteiger partial charge in [0.15, 0.2) is 11.5 Å². The first-order valence-electron chi connectivity index (χ1n) is 6.40. The van der Waals surface area contributed by atoms with Gasteiger partial charge in [0.1, 0.15) is 0 Å². The van der Waals surface area contributed by atoms with Gasteiger partial charge in [-0.05, 0) is 26.0 Å². The molecule has 0 aliphatic rings. The number of hydrogen-bond donors (Lipinski definition) is 1. The van der Waals surface area contributed by atoms with Gasteiger partial charge in [0.25, 0.3) is 0 Å². The Bertz CT molecular complexity index is 704. The molecule has 0 spiro atoms. The van der Waals surface area contributed by atoms with Crippen molar-refractivity contribution in [2.24, 2.45) is 7.05 Å². The molecule has 0 unspecified atom stereocenters. The van der Waals surface area contributed by atoms with Gasteiger partial charge in [-0.1, -0.05) is 0 Å². The standard InChI is InChI=1S/C15H18N2O4/c1-8-13(9(2)17(3)16-8)11-6-10(15(18)19)7-12(20-4)14(11)21-5/h6-7H,1-5H3,(H,18,19). The molecule has 1 aromatic carbocycles. The topological polar surface area (TPSA) is 73.6 Å². The van der Waals surface area contributed by atoms with Crippen LogP contribution in [0.1, 0.15) is 21.7 Å². The summed E-state index contributed by atoms with van der Waals surface area (Å²) >= 11 is 0. The number of carboxylic acid groups (broad SMARTS) is 1. The summed E-state index contributed by atoms with van der Waals surface area (Å²) in [5.74, 6) is -0.131. The maximum atomic E-state index is 11.3. The van der Waals surface area contributed by atoms with E-state index in [1.807, 2.05) is 20.9 Å². The predicted octanol–water partition coefficient (Wildman–Crippen LogP) is 2.42. The number of hydrogen-bond acceptors (Lipinski definition) is 4.